The number of nitrogen functional groups attached to an aromatic ring is 1. The van der Waals surface area contributed by atoms with Crippen molar-refractivity contribution in [3.8, 4) is 5.69 Å². The highest BCUT2D eigenvalue weighted by Crippen LogP contribution is 2.43. The molecule has 0 aliphatic carbocycles. The maximum Gasteiger partial charge on any atom is 0.354 e. The summed E-state index contributed by atoms with van der Waals surface area (Å²) in [6, 6.07) is 7.81. The highest BCUT2D eigenvalue weighted by Gasteiger charge is 2.23. The molecule has 0 bridgehead atoms. The van der Waals surface area contributed by atoms with Gasteiger partial charge in [0, 0.05) is 18.1 Å². The third-order valence-electron chi connectivity index (χ3n) is 4.36. The maximum atomic E-state index is 15.0. The molecule has 0 unspecified atom stereocenters. The second kappa shape index (κ2) is 7.41. The monoisotopic (exact) mass is 431 g/mol. The first-order valence-corrected chi connectivity index (χ1v) is 9.79. The summed E-state index contributed by atoms with van der Waals surface area (Å²) >= 11 is 7.18. The number of rotatable bonds is 5. The molecule has 4 aromatic rings. The van der Waals surface area contributed by atoms with E-state index in [0.29, 0.717) is 27.5 Å². The van der Waals surface area contributed by atoms with E-state index in [1.54, 1.807) is 39.8 Å². The van der Waals surface area contributed by atoms with E-state index in [1.165, 1.54) is 12.1 Å². The van der Waals surface area contributed by atoms with Gasteiger partial charge in [-0.1, -0.05) is 29.4 Å². The fourth-order valence-electron chi connectivity index (χ4n) is 3.01. The lowest BCUT2D eigenvalue weighted by molar-refractivity contribution is 0.0689. The number of fused-ring (bicyclic) bond motifs is 1. The molecule has 3 aromatic heterocycles. The lowest BCUT2D eigenvalue weighted by Gasteiger charge is -2.06. The molecule has 7 nitrogen and oxygen atoms in total. The standard InChI is InChI=1S/C19H15ClFN5O2S/c1-2-25-9-10(8-23-25)26-16-11(6-7-12(20)15(16)21)17(18(26)22)29-14-5-3-4-13(24-14)19(27)28/h3-9H,2,22H2,1H3,(H,27,28). The van der Waals surface area contributed by atoms with E-state index in [9.17, 15) is 14.3 Å². The quantitative estimate of drug-likeness (QED) is 0.483. The van der Waals surface area contributed by atoms with Gasteiger partial charge in [0.15, 0.2) is 5.82 Å². The van der Waals surface area contributed by atoms with Crippen molar-refractivity contribution in [2.24, 2.45) is 0 Å². The molecule has 0 aliphatic rings. The van der Waals surface area contributed by atoms with Crippen LogP contribution in [0.3, 0.4) is 0 Å². The number of hydrogen-bond donors (Lipinski definition) is 2. The smallest absolute Gasteiger partial charge is 0.354 e. The van der Waals surface area contributed by atoms with Crippen LogP contribution in [0.1, 0.15) is 17.4 Å². The molecule has 1 aromatic carbocycles. The number of pyridine rings is 1. The molecule has 148 valence electrons. The topological polar surface area (TPSA) is 99.0 Å². The average molecular weight is 432 g/mol. The number of aromatic carboxylic acids is 1. The van der Waals surface area contributed by atoms with Crippen LogP contribution in [0.4, 0.5) is 10.2 Å². The van der Waals surface area contributed by atoms with E-state index in [0.717, 1.165) is 11.8 Å². The van der Waals surface area contributed by atoms with Crippen LogP contribution in [0.5, 0.6) is 0 Å². The van der Waals surface area contributed by atoms with Gasteiger partial charge < -0.3 is 10.8 Å². The SMILES string of the molecule is CCn1cc(-n2c(N)c(Sc3cccc(C(=O)O)n3)c3ccc(Cl)c(F)c32)cn1. The number of carboxylic acids is 1. The Morgan fingerprint density at radius 2 is 2.14 bits per heavy atom. The van der Waals surface area contributed by atoms with Gasteiger partial charge in [-0.2, -0.15) is 5.10 Å². The maximum absolute atomic E-state index is 15.0. The van der Waals surface area contributed by atoms with Crippen LogP contribution in [0.25, 0.3) is 16.6 Å². The van der Waals surface area contributed by atoms with Gasteiger partial charge in [0.1, 0.15) is 16.5 Å². The van der Waals surface area contributed by atoms with Gasteiger partial charge in [0.05, 0.1) is 27.3 Å². The van der Waals surface area contributed by atoms with E-state index >= 15 is 0 Å². The third kappa shape index (κ3) is 3.32. The van der Waals surface area contributed by atoms with E-state index < -0.39 is 11.8 Å². The van der Waals surface area contributed by atoms with Crippen molar-refractivity contribution in [2.45, 2.75) is 23.4 Å². The molecule has 3 N–H and O–H groups in total. The lowest BCUT2D eigenvalue weighted by Crippen LogP contribution is -2.01. The van der Waals surface area contributed by atoms with Crippen molar-refractivity contribution in [1.82, 2.24) is 19.3 Å². The predicted octanol–water partition coefficient (Wildman–Crippen LogP) is 4.47. The van der Waals surface area contributed by atoms with Gasteiger partial charge in [-0.05, 0) is 31.2 Å². The van der Waals surface area contributed by atoms with E-state index in [4.69, 9.17) is 17.3 Å². The van der Waals surface area contributed by atoms with Crippen molar-refractivity contribution in [2.75, 3.05) is 5.73 Å². The summed E-state index contributed by atoms with van der Waals surface area (Å²) in [5.41, 5.74) is 7.14. The van der Waals surface area contributed by atoms with Crippen molar-refractivity contribution < 1.29 is 14.3 Å². The number of benzene rings is 1. The fraction of sp³-hybridized carbons (Fsp3) is 0.105. The Morgan fingerprint density at radius 1 is 1.34 bits per heavy atom. The molecular weight excluding hydrogens is 417 g/mol. The summed E-state index contributed by atoms with van der Waals surface area (Å²) in [5.74, 6) is -1.45. The van der Waals surface area contributed by atoms with Crippen molar-refractivity contribution in [3.63, 3.8) is 0 Å². The third-order valence-corrected chi connectivity index (χ3v) is 5.72. The summed E-state index contributed by atoms with van der Waals surface area (Å²) in [4.78, 5) is 15.9. The van der Waals surface area contributed by atoms with Gasteiger partial charge >= 0.3 is 5.97 Å². The highest BCUT2D eigenvalue weighted by molar-refractivity contribution is 7.99. The minimum atomic E-state index is -1.13. The zero-order valence-electron chi connectivity index (χ0n) is 15.1. The number of carbonyl (C=O) groups is 1. The van der Waals surface area contributed by atoms with Crippen molar-refractivity contribution in [3.05, 3.63) is 59.3 Å². The molecule has 0 atom stereocenters. The number of anilines is 1. The molecule has 0 saturated heterocycles. The van der Waals surface area contributed by atoms with Gasteiger partial charge in [-0.15, -0.1) is 0 Å². The first-order chi connectivity index (χ1) is 13.9. The Hall–Kier alpha value is -3.04. The van der Waals surface area contributed by atoms with Crippen LogP contribution in [0.15, 0.2) is 52.6 Å². The predicted molar refractivity (Wildman–Crippen MR) is 109 cm³/mol. The number of carboxylic acid groups (broad SMARTS) is 1. The van der Waals surface area contributed by atoms with Crippen LogP contribution in [-0.4, -0.2) is 30.4 Å². The first-order valence-electron chi connectivity index (χ1n) is 8.59. The fourth-order valence-corrected chi connectivity index (χ4v) is 4.14. The summed E-state index contributed by atoms with van der Waals surface area (Å²) in [6.45, 7) is 2.59. The Kier molecular flexibility index (Phi) is 4.93. The Bertz CT molecular complexity index is 1250. The van der Waals surface area contributed by atoms with Crippen LogP contribution in [0, 0.1) is 5.82 Å². The van der Waals surface area contributed by atoms with E-state index in [2.05, 4.69) is 10.1 Å². The molecule has 29 heavy (non-hydrogen) atoms. The second-order valence-electron chi connectivity index (χ2n) is 6.13. The van der Waals surface area contributed by atoms with Crippen molar-refractivity contribution >= 4 is 46.1 Å². The summed E-state index contributed by atoms with van der Waals surface area (Å²) in [6.07, 6.45) is 3.35. The molecule has 0 radical (unpaired) electrons. The summed E-state index contributed by atoms with van der Waals surface area (Å²) < 4.78 is 18.3. The molecule has 0 fully saturated rings. The van der Waals surface area contributed by atoms with Crippen LogP contribution < -0.4 is 5.73 Å². The minimum absolute atomic E-state index is 0.0262. The van der Waals surface area contributed by atoms with E-state index in [1.807, 2.05) is 6.92 Å². The molecule has 0 spiro atoms. The van der Waals surface area contributed by atoms with E-state index in [-0.39, 0.29) is 22.1 Å². The molecular formula is C19H15ClFN5O2S. The largest absolute Gasteiger partial charge is 0.477 e. The molecule has 0 saturated carbocycles. The highest BCUT2D eigenvalue weighted by atomic mass is 35.5. The summed E-state index contributed by atoms with van der Waals surface area (Å²) in [5, 5.41) is 14.4. The Balaban J connectivity index is 1.93. The van der Waals surface area contributed by atoms with Gasteiger partial charge in [0.2, 0.25) is 0 Å². The minimum Gasteiger partial charge on any atom is -0.477 e. The van der Waals surface area contributed by atoms with Gasteiger partial charge in [0.25, 0.3) is 0 Å². The van der Waals surface area contributed by atoms with Gasteiger partial charge in [-0.3, -0.25) is 9.25 Å². The molecule has 0 amide bonds. The molecule has 3 heterocycles. The normalized spacial score (nSPS) is 11.3. The lowest BCUT2D eigenvalue weighted by atomic mass is 10.2. The number of hydrogen-bond acceptors (Lipinski definition) is 5. The number of aromatic nitrogens is 4. The van der Waals surface area contributed by atoms with Crippen LogP contribution in [-0.2, 0) is 6.54 Å². The zero-order chi connectivity index (χ0) is 20.7. The number of halogens is 2. The van der Waals surface area contributed by atoms with Crippen LogP contribution in [0.2, 0.25) is 5.02 Å². The van der Waals surface area contributed by atoms with Gasteiger partial charge in [-0.25, -0.2) is 14.2 Å². The molecule has 0 aliphatic heterocycles. The number of nitrogens with two attached hydrogens (primary N) is 1. The average Bonchev–Trinajstić information content (AvgIpc) is 3.28. The number of nitrogens with zero attached hydrogens (tertiary/aromatic N) is 4. The Morgan fingerprint density at radius 3 is 2.83 bits per heavy atom. The first kappa shape index (κ1) is 19.3. The number of aryl methyl sites for hydroxylation is 1. The van der Waals surface area contributed by atoms with Crippen molar-refractivity contribution in [1.29, 1.82) is 0 Å². The molecule has 4 rings (SSSR count). The summed E-state index contributed by atoms with van der Waals surface area (Å²) in [7, 11) is 0. The van der Waals surface area contributed by atoms with Crippen LogP contribution >= 0.6 is 23.4 Å². The molecule has 10 heteroatoms. The Labute approximate surface area is 173 Å². The second-order valence-corrected chi connectivity index (χ2v) is 7.57. The zero-order valence-corrected chi connectivity index (χ0v) is 16.7.